The van der Waals surface area contributed by atoms with Gasteiger partial charge in [0.15, 0.2) is 0 Å². The smallest absolute Gasteiger partial charge is 0.331 e. The number of hydrogen-bond acceptors (Lipinski definition) is 4. The van der Waals surface area contributed by atoms with Crippen LogP contribution in [0.5, 0.6) is 0 Å². The quantitative estimate of drug-likeness (QED) is 0.790. The van der Waals surface area contributed by atoms with E-state index >= 15 is 0 Å². The first-order valence-corrected chi connectivity index (χ1v) is 7.26. The van der Waals surface area contributed by atoms with Crippen LogP contribution in [-0.2, 0) is 14.3 Å². The molecule has 3 rings (SSSR count). The molecule has 0 aliphatic carbocycles. The van der Waals surface area contributed by atoms with E-state index in [0.29, 0.717) is 21.3 Å². The van der Waals surface area contributed by atoms with Gasteiger partial charge in [0.2, 0.25) is 0 Å². The van der Waals surface area contributed by atoms with Crippen molar-refractivity contribution in [3.63, 3.8) is 0 Å². The summed E-state index contributed by atoms with van der Waals surface area (Å²) in [6.07, 6.45) is -0.123. The summed E-state index contributed by atoms with van der Waals surface area (Å²) in [5, 5.41) is 5.17. The molecule has 6 heteroatoms. The van der Waals surface area contributed by atoms with Gasteiger partial charge < -0.3 is 14.3 Å². The zero-order valence-electron chi connectivity index (χ0n) is 11.4. The third-order valence-electron chi connectivity index (χ3n) is 3.79. The predicted molar refractivity (Wildman–Crippen MR) is 77.1 cm³/mol. The van der Waals surface area contributed by atoms with Crippen LogP contribution in [0.1, 0.15) is 26.3 Å². The summed E-state index contributed by atoms with van der Waals surface area (Å²) in [6, 6.07) is 5.33. The monoisotopic (exact) mass is 315 g/mol. The summed E-state index contributed by atoms with van der Waals surface area (Å²) in [5.41, 5.74) is 1.31. The van der Waals surface area contributed by atoms with Crippen LogP contribution >= 0.6 is 23.2 Å². The number of rotatable bonds is 1. The Labute approximate surface area is 127 Å². The standard InChI is InChI=1S/C14H15Cl2NO3/c1-7-13(12-10(15)5-4-6-11(12)16)17-20-14(7)18-8(2)9(3)19-14/h4-9H,1-3H3. The van der Waals surface area contributed by atoms with Gasteiger partial charge in [-0.3, -0.25) is 0 Å². The van der Waals surface area contributed by atoms with E-state index in [2.05, 4.69) is 5.16 Å². The first kappa shape index (κ1) is 14.1. The van der Waals surface area contributed by atoms with E-state index in [-0.39, 0.29) is 18.1 Å². The van der Waals surface area contributed by atoms with Crippen LogP contribution in [0.15, 0.2) is 23.4 Å². The Kier molecular flexibility index (Phi) is 3.45. The molecule has 108 valence electrons. The largest absolute Gasteiger partial charge is 0.359 e. The second-order valence-corrected chi connectivity index (χ2v) is 5.95. The first-order valence-electron chi connectivity index (χ1n) is 6.50. The van der Waals surface area contributed by atoms with Crippen molar-refractivity contribution in [3.8, 4) is 0 Å². The molecular weight excluding hydrogens is 301 g/mol. The third-order valence-corrected chi connectivity index (χ3v) is 4.42. The summed E-state index contributed by atoms with van der Waals surface area (Å²) >= 11 is 12.4. The highest BCUT2D eigenvalue weighted by Crippen LogP contribution is 2.43. The summed E-state index contributed by atoms with van der Waals surface area (Å²) in [4.78, 5) is 5.46. The van der Waals surface area contributed by atoms with Gasteiger partial charge in [0.05, 0.1) is 28.2 Å². The molecule has 1 saturated heterocycles. The Morgan fingerprint density at radius 2 is 1.60 bits per heavy atom. The fourth-order valence-electron chi connectivity index (χ4n) is 2.43. The summed E-state index contributed by atoms with van der Waals surface area (Å²) in [6.45, 7) is 5.81. The minimum atomic E-state index is -1.17. The molecule has 0 bridgehead atoms. The average Bonchev–Trinajstić information content (AvgIpc) is 2.84. The Balaban J connectivity index is 1.95. The Morgan fingerprint density at radius 3 is 2.15 bits per heavy atom. The Hall–Kier alpha value is -0.810. The highest BCUT2D eigenvalue weighted by molar-refractivity contribution is 6.40. The van der Waals surface area contributed by atoms with E-state index in [4.69, 9.17) is 37.5 Å². The van der Waals surface area contributed by atoms with Crippen molar-refractivity contribution in [1.29, 1.82) is 0 Å². The van der Waals surface area contributed by atoms with Crippen LogP contribution in [0, 0.1) is 5.92 Å². The molecule has 1 aromatic carbocycles. The van der Waals surface area contributed by atoms with Crippen molar-refractivity contribution in [2.75, 3.05) is 0 Å². The van der Waals surface area contributed by atoms with E-state index in [1.54, 1.807) is 18.2 Å². The molecule has 0 saturated carbocycles. The maximum absolute atomic E-state index is 6.22. The van der Waals surface area contributed by atoms with Crippen molar-refractivity contribution in [3.05, 3.63) is 33.8 Å². The number of nitrogens with zero attached hydrogens (tertiary/aromatic N) is 1. The molecule has 0 amide bonds. The molecule has 2 heterocycles. The van der Waals surface area contributed by atoms with Crippen LogP contribution < -0.4 is 0 Å². The minimum absolute atomic E-state index is 0.0614. The van der Waals surface area contributed by atoms with E-state index in [0.717, 1.165) is 0 Å². The predicted octanol–water partition coefficient (Wildman–Crippen LogP) is 3.84. The second-order valence-electron chi connectivity index (χ2n) is 5.14. The number of benzene rings is 1. The van der Waals surface area contributed by atoms with Gasteiger partial charge in [0.25, 0.3) is 0 Å². The summed E-state index contributed by atoms with van der Waals surface area (Å²) in [7, 11) is 0. The first-order chi connectivity index (χ1) is 9.44. The van der Waals surface area contributed by atoms with E-state index < -0.39 is 5.97 Å². The van der Waals surface area contributed by atoms with Gasteiger partial charge >= 0.3 is 5.97 Å². The molecule has 1 spiro atoms. The SMILES string of the molecule is CC1OC2(ON=C(c3c(Cl)cccc3Cl)C2C)OC1C. The van der Waals surface area contributed by atoms with Gasteiger partial charge in [-0.25, -0.2) is 0 Å². The van der Waals surface area contributed by atoms with Gasteiger partial charge in [0, 0.05) is 5.56 Å². The van der Waals surface area contributed by atoms with Crippen LogP contribution in [0.4, 0.5) is 0 Å². The van der Waals surface area contributed by atoms with E-state index in [1.165, 1.54) is 0 Å². The molecule has 3 atom stereocenters. The van der Waals surface area contributed by atoms with Gasteiger partial charge in [0.1, 0.15) is 5.71 Å². The zero-order valence-corrected chi connectivity index (χ0v) is 12.9. The molecule has 0 aromatic heterocycles. The molecule has 20 heavy (non-hydrogen) atoms. The van der Waals surface area contributed by atoms with Crippen molar-refractivity contribution in [1.82, 2.24) is 0 Å². The maximum atomic E-state index is 6.22. The molecule has 2 aliphatic heterocycles. The summed E-state index contributed by atoms with van der Waals surface area (Å²) in [5.74, 6) is -1.40. The van der Waals surface area contributed by atoms with E-state index in [9.17, 15) is 0 Å². The van der Waals surface area contributed by atoms with Crippen LogP contribution in [0.2, 0.25) is 10.0 Å². The normalized spacial score (nSPS) is 36.2. The lowest BCUT2D eigenvalue weighted by Gasteiger charge is -2.24. The minimum Gasteiger partial charge on any atom is -0.331 e. The van der Waals surface area contributed by atoms with Crippen LogP contribution in [-0.4, -0.2) is 23.9 Å². The van der Waals surface area contributed by atoms with Crippen molar-refractivity contribution < 1.29 is 14.3 Å². The summed E-state index contributed by atoms with van der Waals surface area (Å²) < 4.78 is 11.6. The number of hydrogen-bond donors (Lipinski definition) is 0. The van der Waals surface area contributed by atoms with Gasteiger partial charge in [-0.15, -0.1) is 0 Å². The number of oxime groups is 1. The number of halogens is 2. The van der Waals surface area contributed by atoms with Crippen molar-refractivity contribution in [2.45, 2.75) is 39.0 Å². The van der Waals surface area contributed by atoms with Crippen molar-refractivity contribution in [2.24, 2.45) is 11.1 Å². The Morgan fingerprint density at radius 1 is 1.05 bits per heavy atom. The molecule has 3 unspecified atom stereocenters. The molecule has 0 N–H and O–H groups in total. The van der Waals surface area contributed by atoms with Crippen LogP contribution in [0.25, 0.3) is 0 Å². The molecule has 1 fully saturated rings. The molecule has 1 aromatic rings. The van der Waals surface area contributed by atoms with Crippen LogP contribution in [0.3, 0.4) is 0 Å². The zero-order chi connectivity index (χ0) is 14.5. The Bertz CT molecular complexity index is 545. The second kappa shape index (κ2) is 4.88. The lowest BCUT2D eigenvalue weighted by molar-refractivity contribution is -0.344. The number of ether oxygens (including phenoxy) is 2. The maximum Gasteiger partial charge on any atom is 0.359 e. The van der Waals surface area contributed by atoms with Crippen molar-refractivity contribution >= 4 is 28.9 Å². The third kappa shape index (κ3) is 2.02. The topological polar surface area (TPSA) is 40.0 Å². The fraction of sp³-hybridized carbons (Fsp3) is 0.500. The van der Waals surface area contributed by atoms with Gasteiger partial charge in [-0.05, 0) is 32.9 Å². The molecule has 4 nitrogen and oxygen atoms in total. The van der Waals surface area contributed by atoms with E-state index in [1.807, 2.05) is 20.8 Å². The molecule has 2 aliphatic rings. The highest BCUT2D eigenvalue weighted by atomic mass is 35.5. The average molecular weight is 316 g/mol. The fourth-order valence-corrected chi connectivity index (χ4v) is 3.02. The molecule has 0 radical (unpaired) electrons. The lowest BCUT2D eigenvalue weighted by atomic mass is 9.97. The molecular formula is C14H15Cl2NO3. The van der Waals surface area contributed by atoms with Gasteiger partial charge in [-0.2, -0.15) is 0 Å². The van der Waals surface area contributed by atoms with Gasteiger partial charge in [-0.1, -0.05) is 34.4 Å². The highest BCUT2D eigenvalue weighted by Gasteiger charge is 2.57. The lowest BCUT2D eigenvalue weighted by Crippen LogP contribution is -2.39.